The third-order valence-electron chi connectivity index (χ3n) is 3.32. The average molecular weight is 276 g/mol. The molecular weight excluding hydrogens is 256 g/mol. The fourth-order valence-corrected chi connectivity index (χ4v) is 2.20. The molecule has 1 aliphatic rings. The molecule has 1 aliphatic heterocycles. The van der Waals surface area contributed by atoms with E-state index in [0.717, 1.165) is 25.0 Å². The Morgan fingerprint density at radius 1 is 1.40 bits per heavy atom. The highest BCUT2D eigenvalue weighted by atomic mass is 16.5. The first-order chi connectivity index (χ1) is 9.56. The topological polar surface area (TPSA) is 67.4 Å². The maximum absolute atomic E-state index is 12.1. The number of anilines is 1. The van der Waals surface area contributed by atoms with Gasteiger partial charge in [0.15, 0.2) is 0 Å². The van der Waals surface area contributed by atoms with E-state index >= 15 is 0 Å². The van der Waals surface area contributed by atoms with Crippen LogP contribution in [0.25, 0.3) is 0 Å². The first kappa shape index (κ1) is 14.5. The van der Waals surface area contributed by atoms with Crippen molar-refractivity contribution in [3.63, 3.8) is 0 Å². The van der Waals surface area contributed by atoms with Crippen molar-refractivity contribution in [1.29, 1.82) is 0 Å². The summed E-state index contributed by atoms with van der Waals surface area (Å²) >= 11 is 0. The minimum Gasteiger partial charge on any atom is -0.376 e. The van der Waals surface area contributed by atoms with E-state index in [2.05, 4.69) is 10.6 Å². The predicted octanol–water partition coefficient (Wildman–Crippen LogP) is 1.86. The fourth-order valence-electron chi connectivity index (χ4n) is 2.20. The van der Waals surface area contributed by atoms with Gasteiger partial charge in [0.1, 0.15) is 0 Å². The van der Waals surface area contributed by atoms with Crippen LogP contribution in [0.15, 0.2) is 18.2 Å². The van der Waals surface area contributed by atoms with Crippen molar-refractivity contribution in [2.75, 3.05) is 18.5 Å². The van der Waals surface area contributed by atoms with Crippen LogP contribution in [0.5, 0.6) is 0 Å². The summed E-state index contributed by atoms with van der Waals surface area (Å²) in [6.07, 6.45) is 2.17. The Kier molecular flexibility index (Phi) is 4.74. The second-order valence-corrected chi connectivity index (χ2v) is 5.06. The summed E-state index contributed by atoms with van der Waals surface area (Å²) in [6.45, 7) is 4.64. The molecule has 108 valence electrons. The summed E-state index contributed by atoms with van der Waals surface area (Å²) in [5.74, 6) is -0.294. The lowest BCUT2D eigenvalue weighted by Gasteiger charge is -2.12. The normalized spacial score (nSPS) is 17.8. The number of ether oxygens (including phenoxy) is 1. The highest BCUT2D eigenvalue weighted by Crippen LogP contribution is 2.17. The zero-order valence-electron chi connectivity index (χ0n) is 11.9. The first-order valence-corrected chi connectivity index (χ1v) is 6.84. The molecule has 1 heterocycles. The predicted molar refractivity (Wildman–Crippen MR) is 76.8 cm³/mol. The summed E-state index contributed by atoms with van der Waals surface area (Å²) in [7, 11) is 0. The lowest BCUT2D eigenvalue weighted by Crippen LogP contribution is -2.31. The number of aryl methyl sites for hydroxylation is 1. The van der Waals surface area contributed by atoms with Crippen LogP contribution in [-0.4, -0.2) is 31.1 Å². The Morgan fingerprint density at radius 2 is 2.20 bits per heavy atom. The molecule has 1 aromatic carbocycles. The summed E-state index contributed by atoms with van der Waals surface area (Å²) in [4.78, 5) is 23.2. The van der Waals surface area contributed by atoms with Gasteiger partial charge in [0, 0.05) is 31.3 Å². The molecule has 2 rings (SSSR count). The van der Waals surface area contributed by atoms with Gasteiger partial charge in [-0.2, -0.15) is 0 Å². The molecule has 1 atom stereocenters. The van der Waals surface area contributed by atoms with Gasteiger partial charge < -0.3 is 15.4 Å². The highest BCUT2D eigenvalue weighted by molar-refractivity contribution is 5.97. The van der Waals surface area contributed by atoms with E-state index in [-0.39, 0.29) is 17.9 Å². The number of benzene rings is 1. The molecule has 0 saturated carbocycles. The van der Waals surface area contributed by atoms with Crippen molar-refractivity contribution in [2.45, 2.75) is 32.8 Å². The van der Waals surface area contributed by atoms with Crippen molar-refractivity contribution in [3.8, 4) is 0 Å². The van der Waals surface area contributed by atoms with Crippen LogP contribution in [0.4, 0.5) is 5.69 Å². The lowest BCUT2D eigenvalue weighted by atomic mass is 10.1. The van der Waals surface area contributed by atoms with Gasteiger partial charge in [-0.1, -0.05) is 6.07 Å². The van der Waals surface area contributed by atoms with Crippen LogP contribution in [-0.2, 0) is 9.53 Å². The van der Waals surface area contributed by atoms with E-state index in [1.165, 1.54) is 6.92 Å². The zero-order chi connectivity index (χ0) is 14.5. The Morgan fingerprint density at radius 3 is 2.85 bits per heavy atom. The molecule has 1 aromatic rings. The Bertz CT molecular complexity index is 508. The minimum absolute atomic E-state index is 0.124. The highest BCUT2D eigenvalue weighted by Gasteiger charge is 2.17. The van der Waals surface area contributed by atoms with Crippen LogP contribution in [0, 0.1) is 6.92 Å². The quantitative estimate of drug-likeness (QED) is 0.882. The number of hydrogen-bond donors (Lipinski definition) is 2. The third kappa shape index (κ3) is 3.81. The minimum atomic E-state index is -0.148. The van der Waals surface area contributed by atoms with Gasteiger partial charge >= 0.3 is 0 Å². The largest absolute Gasteiger partial charge is 0.376 e. The maximum Gasteiger partial charge on any atom is 0.251 e. The van der Waals surface area contributed by atoms with Gasteiger partial charge in [0.2, 0.25) is 5.91 Å². The van der Waals surface area contributed by atoms with E-state index in [0.29, 0.717) is 17.8 Å². The smallest absolute Gasteiger partial charge is 0.251 e. The van der Waals surface area contributed by atoms with E-state index in [1.807, 2.05) is 13.0 Å². The van der Waals surface area contributed by atoms with E-state index in [1.54, 1.807) is 12.1 Å². The Labute approximate surface area is 118 Å². The molecule has 2 N–H and O–H groups in total. The van der Waals surface area contributed by atoms with Crippen LogP contribution >= 0.6 is 0 Å². The van der Waals surface area contributed by atoms with Crippen LogP contribution < -0.4 is 10.6 Å². The van der Waals surface area contributed by atoms with Crippen LogP contribution in [0.3, 0.4) is 0 Å². The number of hydrogen-bond acceptors (Lipinski definition) is 3. The van der Waals surface area contributed by atoms with E-state index in [9.17, 15) is 9.59 Å². The van der Waals surface area contributed by atoms with Crippen molar-refractivity contribution < 1.29 is 14.3 Å². The van der Waals surface area contributed by atoms with Crippen molar-refractivity contribution in [2.24, 2.45) is 0 Å². The van der Waals surface area contributed by atoms with Crippen molar-refractivity contribution in [1.82, 2.24) is 5.32 Å². The number of carbonyl (C=O) groups is 2. The molecule has 1 fully saturated rings. The zero-order valence-corrected chi connectivity index (χ0v) is 11.9. The van der Waals surface area contributed by atoms with Crippen molar-refractivity contribution >= 4 is 17.5 Å². The Balaban J connectivity index is 1.99. The summed E-state index contributed by atoms with van der Waals surface area (Å²) < 4.78 is 5.46. The van der Waals surface area contributed by atoms with E-state index in [4.69, 9.17) is 4.74 Å². The molecule has 5 nitrogen and oxygen atoms in total. The van der Waals surface area contributed by atoms with E-state index < -0.39 is 0 Å². The number of rotatable bonds is 4. The average Bonchev–Trinajstić information content (AvgIpc) is 2.91. The van der Waals surface area contributed by atoms with Crippen molar-refractivity contribution in [3.05, 3.63) is 29.3 Å². The second-order valence-electron chi connectivity index (χ2n) is 5.06. The molecule has 1 saturated heterocycles. The van der Waals surface area contributed by atoms with Gasteiger partial charge in [-0.25, -0.2) is 0 Å². The van der Waals surface area contributed by atoms with Gasteiger partial charge in [0.25, 0.3) is 5.91 Å². The molecular formula is C15H20N2O3. The SMILES string of the molecule is CC(=O)Nc1cc(C(=O)NCC2CCCO2)ccc1C. The Hall–Kier alpha value is -1.88. The number of amides is 2. The summed E-state index contributed by atoms with van der Waals surface area (Å²) in [5.41, 5.74) is 2.13. The van der Waals surface area contributed by atoms with Crippen LogP contribution in [0.2, 0.25) is 0 Å². The standard InChI is InChI=1S/C15H20N2O3/c1-10-5-6-12(8-14(10)17-11(2)18)15(19)16-9-13-4-3-7-20-13/h5-6,8,13H,3-4,7,9H2,1-2H3,(H,16,19)(H,17,18). The lowest BCUT2D eigenvalue weighted by molar-refractivity contribution is -0.114. The number of carbonyl (C=O) groups excluding carboxylic acids is 2. The molecule has 0 spiro atoms. The third-order valence-corrected chi connectivity index (χ3v) is 3.32. The van der Waals surface area contributed by atoms with Crippen LogP contribution in [0.1, 0.15) is 35.7 Å². The molecule has 0 radical (unpaired) electrons. The molecule has 0 bridgehead atoms. The molecule has 0 aliphatic carbocycles. The summed E-state index contributed by atoms with van der Waals surface area (Å²) in [6, 6.07) is 5.28. The summed E-state index contributed by atoms with van der Waals surface area (Å²) in [5, 5.41) is 5.59. The molecule has 1 unspecified atom stereocenters. The molecule has 5 heteroatoms. The fraction of sp³-hybridized carbons (Fsp3) is 0.467. The monoisotopic (exact) mass is 276 g/mol. The van der Waals surface area contributed by atoms with Gasteiger partial charge in [-0.05, 0) is 37.5 Å². The number of nitrogens with one attached hydrogen (secondary N) is 2. The molecule has 20 heavy (non-hydrogen) atoms. The molecule has 2 amide bonds. The van der Waals surface area contributed by atoms with Gasteiger partial charge in [-0.3, -0.25) is 9.59 Å². The first-order valence-electron chi connectivity index (χ1n) is 6.84. The second kappa shape index (κ2) is 6.52. The molecule has 0 aromatic heterocycles. The van der Waals surface area contributed by atoms with Gasteiger partial charge in [-0.15, -0.1) is 0 Å². The maximum atomic E-state index is 12.1. The van der Waals surface area contributed by atoms with Gasteiger partial charge in [0.05, 0.1) is 6.10 Å².